The van der Waals surface area contributed by atoms with Crippen molar-refractivity contribution < 1.29 is 19.0 Å². The average molecular weight is 460 g/mol. The highest BCUT2D eigenvalue weighted by atomic mass is 16.5. The van der Waals surface area contributed by atoms with Gasteiger partial charge in [0.05, 0.1) is 26.1 Å². The number of hydrogen-bond donors (Lipinski definition) is 0. The molecular weight excluding hydrogens is 430 g/mol. The van der Waals surface area contributed by atoms with Crippen LogP contribution in [-0.2, 0) is 6.61 Å². The van der Waals surface area contributed by atoms with Gasteiger partial charge in [0.25, 0.3) is 5.91 Å². The van der Waals surface area contributed by atoms with Gasteiger partial charge in [0, 0.05) is 30.9 Å². The summed E-state index contributed by atoms with van der Waals surface area (Å²) < 4.78 is 16.6. The van der Waals surface area contributed by atoms with Crippen LogP contribution in [0.2, 0.25) is 0 Å². The summed E-state index contributed by atoms with van der Waals surface area (Å²) in [6, 6.07) is 16.9. The first-order chi connectivity index (χ1) is 16.7. The maximum absolute atomic E-state index is 12.6. The number of nitrogens with zero attached hydrogens (tertiary/aromatic N) is 3. The van der Waals surface area contributed by atoms with Crippen molar-refractivity contribution in [2.45, 2.75) is 25.9 Å². The summed E-state index contributed by atoms with van der Waals surface area (Å²) in [5.41, 5.74) is 3.30. The predicted molar refractivity (Wildman–Crippen MR) is 132 cm³/mol. The van der Waals surface area contributed by atoms with Crippen LogP contribution >= 0.6 is 0 Å². The van der Waals surface area contributed by atoms with Crippen molar-refractivity contribution in [3.05, 3.63) is 77.5 Å². The van der Waals surface area contributed by atoms with Gasteiger partial charge in [0.15, 0.2) is 11.5 Å². The Bertz CT molecular complexity index is 1120. The van der Waals surface area contributed by atoms with E-state index in [2.05, 4.69) is 9.98 Å². The maximum atomic E-state index is 12.6. The molecule has 0 saturated carbocycles. The van der Waals surface area contributed by atoms with Gasteiger partial charge in [0.2, 0.25) is 5.88 Å². The summed E-state index contributed by atoms with van der Waals surface area (Å²) in [5.74, 6) is 1.91. The van der Waals surface area contributed by atoms with Gasteiger partial charge in [0.1, 0.15) is 6.61 Å². The van der Waals surface area contributed by atoms with Gasteiger partial charge in [-0.1, -0.05) is 12.1 Å². The number of carbonyl (C=O) groups excluding carboxylic acids is 1. The molecule has 0 atom stereocenters. The van der Waals surface area contributed by atoms with Crippen LogP contribution in [0.15, 0.2) is 65.8 Å². The van der Waals surface area contributed by atoms with Crippen LogP contribution in [0, 0.1) is 0 Å². The predicted octanol–water partition coefficient (Wildman–Crippen LogP) is 5.05. The molecule has 0 aliphatic carbocycles. The molecule has 1 aliphatic heterocycles. The number of aromatic nitrogens is 1. The molecule has 34 heavy (non-hydrogen) atoms. The fraction of sp³-hybridized carbons (Fsp3) is 0.296. The SMILES string of the molecule is COc1ccc(N=Cc2ccc(OCc3ccc(C(=O)N4CCCCC4)cc3)c(OC)c2)cn1. The summed E-state index contributed by atoms with van der Waals surface area (Å²) in [6.07, 6.45) is 6.77. The standard InChI is InChI=1S/C27H29N3O4/c1-32-25-16-21(17-28-23-11-13-26(33-2)29-18-23)8-12-24(25)34-19-20-6-9-22(10-7-20)27(31)30-14-4-3-5-15-30/h6-13,16-18H,3-5,14-15,19H2,1-2H3. The molecule has 0 unspecified atom stereocenters. The van der Waals surface area contributed by atoms with E-state index in [4.69, 9.17) is 14.2 Å². The lowest BCUT2D eigenvalue weighted by molar-refractivity contribution is 0.0724. The van der Waals surface area contributed by atoms with Gasteiger partial charge in [-0.25, -0.2) is 4.98 Å². The van der Waals surface area contributed by atoms with Crippen LogP contribution in [0.1, 0.15) is 40.7 Å². The zero-order chi connectivity index (χ0) is 23.8. The van der Waals surface area contributed by atoms with Crippen molar-refractivity contribution in [1.29, 1.82) is 0 Å². The fourth-order valence-electron chi connectivity index (χ4n) is 3.79. The van der Waals surface area contributed by atoms with Crippen LogP contribution < -0.4 is 14.2 Å². The Kier molecular flexibility index (Phi) is 7.75. The minimum absolute atomic E-state index is 0.108. The third-order valence-corrected chi connectivity index (χ3v) is 5.72. The van der Waals surface area contributed by atoms with Crippen molar-refractivity contribution in [1.82, 2.24) is 9.88 Å². The maximum Gasteiger partial charge on any atom is 0.253 e. The first kappa shape index (κ1) is 23.3. The van der Waals surface area contributed by atoms with Crippen LogP contribution in [-0.4, -0.2) is 49.3 Å². The molecule has 1 aromatic heterocycles. The Morgan fingerprint density at radius 2 is 1.76 bits per heavy atom. The Hall–Kier alpha value is -3.87. The topological polar surface area (TPSA) is 73.2 Å². The molecule has 0 radical (unpaired) electrons. The number of aliphatic imine (C=N–C) groups is 1. The molecule has 0 N–H and O–H groups in total. The molecule has 2 heterocycles. The van der Waals surface area contributed by atoms with E-state index >= 15 is 0 Å². The first-order valence-electron chi connectivity index (χ1n) is 11.4. The smallest absolute Gasteiger partial charge is 0.253 e. The summed E-state index contributed by atoms with van der Waals surface area (Å²) in [4.78, 5) is 23.2. The molecule has 1 amide bonds. The Morgan fingerprint density at radius 1 is 0.971 bits per heavy atom. The minimum Gasteiger partial charge on any atom is -0.493 e. The van der Waals surface area contributed by atoms with Gasteiger partial charge in [-0.3, -0.25) is 9.79 Å². The number of ether oxygens (including phenoxy) is 3. The van der Waals surface area contributed by atoms with E-state index in [1.54, 1.807) is 32.7 Å². The zero-order valence-electron chi connectivity index (χ0n) is 19.6. The number of piperidine rings is 1. The molecule has 176 valence electrons. The number of carbonyl (C=O) groups is 1. The first-order valence-corrected chi connectivity index (χ1v) is 11.4. The number of hydrogen-bond acceptors (Lipinski definition) is 6. The summed E-state index contributed by atoms with van der Waals surface area (Å²) in [7, 11) is 3.19. The molecule has 1 aliphatic rings. The normalized spacial score (nSPS) is 13.6. The van der Waals surface area contributed by atoms with Crippen molar-refractivity contribution >= 4 is 17.8 Å². The highest BCUT2D eigenvalue weighted by Crippen LogP contribution is 2.29. The van der Waals surface area contributed by atoms with E-state index in [1.807, 2.05) is 53.4 Å². The number of rotatable bonds is 8. The second-order valence-corrected chi connectivity index (χ2v) is 8.07. The average Bonchev–Trinajstić information content (AvgIpc) is 2.91. The lowest BCUT2D eigenvalue weighted by Gasteiger charge is -2.26. The van der Waals surface area contributed by atoms with Gasteiger partial charge in [-0.05, 0) is 66.8 Å². The monoisotopic (exact) mass is 459 g/mol. The quantitative estimate of drug-likeness (QED) is 0.441. The van der Waals surface area contributed by atoms with E-state index in [1.165, 1.54) is 6.42 Å². The molecule has 7 heteroatoms. The van der Waals surface area contributed by atoms with E-state index < -0.39 is 0 Å². The highest BCUT2D eigenvalue weighted by molar-refractivity contribution is 5.94. The van der Waals surface area contributed by atoms with Gasteiger partial charge >= 0.3 is 0 Å². The van der Waals surface area contributed by atoms with Crippen molar-refractivity contribution in [3.8, 4) is 17.4 Å². The zero-order valence-corrected chi connectivity index (χ0v) is 19.6. The van der Waals surface area contributed by atoms with E-state index in [9.17, 15) is 4.79 Å². The number of likely N-dealkylation sites (tertiary alicyclic amines) is 1. The lowest BCUT2D eigenvalue weighted by atomic mass is 10.1. The lowest BCUT2D eigenvalue weighted by Crippen LogP contribution is -2.35. The molecule has 2 aromatic carbocycles. The molecular formula is C27H29N3O4. The largest absolute Gasteiger partial charge is 0.493 e. The third kappa shape index (κ3) is 5.92. The number of methoxy groups -OCH3 is 2. The Balaban J connectivity index is 1.36. The van der Waals surface area contributed by atoms with Gasteiger partial charge in [-0.2, -0.15) is 0 Å². The molecule has 7 nitrogen and oxygen atoms in total. The van der Waals surface area contributed by atoms with Gasteiger partial charge < -0.3 is 19.1 Å². The number of benzene rings is 2. The molecule has 0 bridgehead atoms. The fourth-order valence-corrected chi connectivity index (χ4v) is 3.79. The van der Waals surface area contributed by atoms with Gasteiger partial charge in [-0.15, -0.1) is 0 Å². The van der Waals surface area contributed by atoms with E-state index in [0.29, 0.717) is 24.0 Å². The van der Waals surface area contributed by atoms with Crippen LogP contribution in [0.5, 0.6) is 17.4 Å². The van der Waals surface area contributed by atoms with Crippen molar-refractivity contribution in [3.63, 3.8) is 0 Å². The second-order valence-electron chi connectivity index (χ2n) is 8.07. The molecule has 4 rings (SSSR count). The van der Waals surface area contributed by atoms with Crippen LogP contribution in [0.25, 0.3) is 0 Å². The molecule has 1 fully saturated rings. The Labute approximate surface area is 200 Å². The van der Waals surface area contributed by atoms with Crippen molar-refractivity contribution in [2.75, 3.05) is 27.3 Å². The van der Waals surface area contributed by atoms with E-state index in [-0.39, 0.29) is 5.91 Å². The highest BCUT2D eigenvalue weighted by Gasteiger charge is 2.18. The van der Waals surface area contributed by atoms with E-state index in [0.717, 1.165) is 48.3 Å². The second kappa shape index (κ2) is 11.3. The summed E-state index contributed by atoms with van der Waals surface area (Å²) in [6.45, 7) is 2.07. The molecule has 3 aromatic rings. The summed E-state index contributed by atoms with van der Waals surface area (Å²) in [5, 5.41) is 0. The Morgan fingerprint density at radius 3 is 2.44 bits per heavy atom. The molecule has 0 spiro atoms. The van der Waals surface area contributed by atoms with Crippen LogP contribution in [0.3, 0.4) is 0 Å². The number of pyridine rings is 1. The number of amides is 1. The minimum atomic E-state index is 0.108. The van der Waals surface area contributed by atoms with Crippen LogP contribution in [0.4, 0.5) is 5.69 Å². The molecule has 1 saturated heterocycles. The van der Waals surface area contributed by atoms with Crippen molar-refractivity contribution in [2.24, 2.45) is 4.99 Å². The summed E-state index contributed by atoms with van der Waals surface area (Å²) >= 11 is 0. The third-order valence-electron chi connectivity index (χ3n) is 5.72.